The number of para-hydroxylation sites is 2. The van der Waals surface area contributed by atoms with Crippen LogP contribution < -0.4 is 4.74 Å². The second kappa shape index (κ2) is 4.67. The first-order chi connectivity index (χ1) is 8.22. The molecule has 2 aromatic carbocycles. The van der Waals surface area contributed by atoms with Gasteiger partial charge in [0.15, 0.2) is 11.6 Å². The maximum absolute atomic E-state index is 13.4. The van der Waals surface area contributed by atoms with Crippen molar-refractivity contribution in [1.29, 1.82) is 5.26 Å². The van der Waals surface area contributed by atoms with Crippen LogP contribution in [0.25, 0.3) is 0 Å². The van der Waals surface area contributed by atoms with Crippen LogP contribution in [0.1, 0.15) is 11.1 Å². The van der Waals surface area contributed by atoms with E-state index in [0.717, 1.165) is 5.56 Å². The minimum Gasteiger partial charge on any atom is -0.453 e. The average molecular weight is 227 g/mol. The van der Waals surface area contributed by atoms with Crippen LogP contribution in [0.2, 0.25) is 0 Å². The number of ether oxygens (including phenoxy) is 1. The number of aryl methyl sites for hydroxylation is 1. The summed E-state index contributed by atoms with van der Waals surface area (Å²) in [6.45, 7) is 1.82. The van der Waals surface area contributed by atoms with Crippen LogP contribution in [0.5, 0.6) is 11.5 Å². The van der Waals surface area contributed by atoms with E-state index in [1.165, 1.54) is 12.1 Å². The fourth-order valence-corrected chi connectivity index (χ4v) is 1.51. The predicted octanol–water partition coefficient (Wildman–Crippen LogP) is 3.80. The van der Waals surface area contributed by atoms with Crippen molar-refractivity contribution in [3.05, 3.63) is 59.4 Å². The summed E-state index contributed by atoms with van der Waals surface area (Å²) in [5, 5.41) is 8.97. The highest BCUT2D eigenvalue weighted by Crippen LogP contribution is 2.29. The van der Waals surface area contributed by atoms with Gasteiger partial charge in [-0.05, 0) is 30.7 Å². The molecule has 0 heterocycles. The molecule has 0 bridgehead atoms. The van der Waals surface area contributed by atoms with E-state index in [1.54, 1.807) is 24.3 Å². The van der Waals surface area contributed by atoms with Crippen molar-refractivity contribution in [2.75, 3.05) is 0 Å². The molecule has 2 aromatic rings. The maximum atomic E-state index is 13.4. The summed E-state index contributed by atoms with van der Waals surface area (Å²) in [7, 11) is 0. The van der Waals surface area contributed by atoms with Gasteiger partial charge in [-0.2, -0.15) is 5.26 Å². The van der Waals surface area contributed by atoms with E-state index in [2.05, 4.69) is 0 Å². The van der Waals surface area contributed by atoms with Gasteiger partial charge in [-0.25, -0.2) is 4.39 Å². The van der Waals surface area contributed by atoms with E-state index in [9.17, 15) is 4.39 Å². The van der Waals surface area contributed by atoms with Gasteiger partial charge in [0.2, 0.25) is 0 Å². The molecule has 84 valence electrons. The second-order valence-corrected chi connectivity index (χ2v) is 3.60. The number of nitrogens with zero attached hydrogens (tertiary/aromatic N) is 1. The summed E-state index contributed by atoms with van der Waals surface area (Å²) in [6, 6.07) is 13.4. The maximum Gasteiger partial charge on any atom is 0.165 e. The Kier molecular flexibility index (Phi) is 3.06. The fraction of sp³-hybridized carbons (Fsp3) is 0.0714. The van der Waals surface area contributed by atoms with Gasteiger partial charge in [-0.1, -0.05) is 24.3 Å². The number of nitriles is 1. The van der Waals surface area contributed by atoms with Gasteiger partial charge in [0.25, 0.3) is 0 Å². The Bertz CT molecular complexity index is 587. The zero-order valence-electron chi connectivity index (χ0n) is 9.27. The lowest BCUT2D eigenvalue weighted by atomic mass is 10.1. The molecular weight excluding hydrogens is 217 g/mol. The molecule has 0 unspecified atom stereocenters. The Labute approximate surface area is 98.9 Å². The van der Waals surface area contributed by atoms with Crippen molar-refractivity contribution in [2.45, 2.75) is 6.92 Å². The Morgan fingerprint density at radius 3 is 2.59 bits per heavy atom. The molecule has 17 heavy (non-hydrogen) atoms. The lowest BCUT2D eigenvalue weighted by molar-refractivity contribution is 0.438. The molecule has 0 aromatic heterocycles. The quantitative estimate of drug-likeness (QED) is 0.781. The SMILES string of the molecule is Cc1cccc(C#N)c1Oc1ccccc1F. The third-order valence-corrected chi connectivity index (χ3v) is 2.38. The number of rotatable bonds is 2. The van der Waals surface area contributed by atoms with E-state index in [1.807, 2.05) is 19.1 Å². The highest BCUT2D eigenvalue weighted by atomic mass is 19.1. The molecule has 0 atom stereocenters. The molecule has 2 nitrogen and oxygen atoms in total. The summed E-state index contributed by atoms with van der Waals surface area (Å²) >= 11 is 0. The number of hydrogen-bond acceptors (Lipinski definition) is 2. The Morgan fingerprint density at radius 2 is 1.88 bits per heavy atom. The molecule has 0 aliphatic carbocycles. The number of halogens is 1. The smallest absolute Gasteiger partial charge is 0.165 e. The first-order valence-electron chi connectivity index (χ1n) is 5.14. The van der Waals surface area contributed by atoms with E-state index >= 15 is 0 Å². The predicted molar refractivity (Wildman–Crippen MR) is 62.4 cm³/mol. The molecule has 3 heteroatoms. The molecule has 0 amide bonds. The van der Waals surface area contributed by atoms with Crippen molar-refractivity contribution in [2.24, 2.45) is 0 Å². The first kappa shape index (κ1) is 11.2. The second-order valence-electron chi connectivity index (χ2n) is 3.60. The van der Waals surface area contributed by atoms with Crippen LogP contribution in [0.15, 0.2) is 42.5 Å². The van der Waals surface area contributed by atoms with E-state index in [-0.39, 0.29) is 5.75 Å². The van der Waals surface area contributed by atoms with Crippen LogP contribution in [0.3, 0.4) is 0 Å². The summed E-state index contributed by atoms with van der Waals surface area (Å²) in [5.74, 6) is 0.0815. The Balaban J connectivity index is 2.44. The summed E-state index contributed by atoms with van der Waals surface area (Å²) in [5.41, 5.74) is 1.19. The molecule has 0 saturated carbocycles. The standard InChI is InChI=1S/C14H10FNO/c1-10-5-4-6-11(9-16)14(10)17-13-8-3-2-7-12(13)15/h2-8H,1H3. The molecule has 0 spiro atoms. The molecule has 0 aliphatic rings. The molecule has 0 aliphatic heterocycles. The van der Waals surface area contributed by atoms with Crippen molar-refractivity contribution in [3.8, 4) is 17.6 Å². The molecular formula is C14H10FNO. The summed E-state index contributed by atoms with van der Waals surface area (Å²) in [4.78, 5) is 0. The number of benzene rings is 2. The highest BCUT2D eigenvalue weighted by molar-refractivity contribution is 5.49. The average Bonchev–Trinajstić information content (AvgIpc) is 2.34. The van der Waals surface area contributed by atoms with Gasteiger partial charge in [0.1, 0.15) is 11.8 Å². The molecule has 0 N–H and O–H groups in total. The van der Waals surface area contributed by atoms with Gasteiger partial charge in [0.05, 0.1) is 5.56 Å². The third kappa shape index (κ3) is 2.26. The fourth-order valence-electron chi connectivity index (χ4n) is 1.51. The molecule has 2 rings (SSSR count). The number of hydrogen-bond donors (Lipinski definition) is 0. The third-order valence-electron chi connectivity index (χ3n) is 2.38. The van der Waals surface area contributed by atoms with Gasteiger partial charge < -0.3 is 4.74 Å². The molecule has 0 saturated heterocycles. The van der Waals surface area contributed by atoms with Crippen molar-refractivity contribution in [3.63, 3.8) is 0 Å². The summed E-state index contributed by atoms with van der Waals surface area (Å²) < 4.78 is 18.9. The lowest BCUT2D eigenvalue weighted by Gasteiger charge is -2.10. The molecule has 0 radical (unpaired) electrons. The Hall–Kier alpha value is -2.34. The minimum atomic E-state index is -0.445. The van der Waals surface area contributed by atoms with Gasteiger partial charge >= 0.3 is 0 Å². The van der Waals surface area contributed by atoms with Crippen LogP contribution in [0, 0.1) is 24.1 Å². The monoisotopic (exact) mass is 227 g/mol. The zero-order chi connectivity index (χ0) is 12.3. The minimum absolute atomic E-state index is 0.123. The van der Waals surface area contributed by atoms with Crippen LogP contribution in [-0.2, 0) is 0 Å². The van der Waals surface area contributed by atoms with E-state index < -0.39 is 5.82 Å². The normalized spacial score (nSPS) is 9.71. The van der Waals surface area contributed by atoms with Crippen LogP contribution in [0.4, 0.5) is 4.39 Å². The van der Waals surface area contributed by atoms with E-state index in [0.29, 0.717) is 11.3 Å². The van der Waals surface area contributed by atoms with Gasteiger partial charge in [-0.15, -0.1) is 0 Å². The van der Waals surface area contributed by atoms with Crippen LogP contribution in [-0.4, -0.2) is 0 Å². The van der Waals surface area contributed by atoms with Gasteiger partial charge in [0, 0.05) is 0 Å². The van der Waals surface area contributed by atoms with E-state index in [4.69, 9.17) is 10.00 Å². The van der Waals surface area contributed by atoms with Crippen LogP contribution >= 0.6 is 0 Å². The zero-order valence-corrected chi connectivity index (χ0v) is 9.27. The van der Waals surface area contributed by atoms with Gasteiger partial charge in [-0.3, -0.25) is 0 Å². The summed E-state index contributed by atoms with van der Waals surface area (Å²) in [6.07, 6.45) is 0. The lowest BCUT2D eigenvalue weighted by Crippen LogP contribution is -1.93. The van der Waals surface area contributed by atoms with Crippen molar-refractivity contribution in [1.82, 2.24) is 0 Å². The highest BCUT2D eigenvalue weighted by Gasteiger charge is 2.10. The molecule has 0 fully saturated rings. The van der Waals surface area contributed by atoms with Crippen molar-refractivity contribution < 1.29 is 9.13 Å². The van der Waals surface area contributed by atoms with Crippen molar-refractivity contribution >= 4 is 0 Å². The topological polar surface area (TPSA) is 33.0 Å². The first-order valence-corrected chi connectivity index (χ1v) is 5.14. The largest absolute Gasteiger partial charge is 0.453 e. The Morgan fingerprint density at radius 1 is 1.12 bits per heavy atom.